The average Bonchev–Trinajstić information content (AvgIpc) is 2.51. The van der Waals surface area contributed by atoms with Crippen LogP contribution in [0.1, 0.15) is 45.1 Å². The van der Waals surface area contributed by atoms with Gasteiger partial charge >= 0.3 is 0 Å². The molecule has 6 heteroatoms. The third-order valence-corrected chi connectivity index (χ3v) is 4.60. The van der Waals surface area contributed by atoms with Gasteiger partial charge in [0.05, 0.1) is 25.0 Å². The van der Waals surface area contributed by atoms with Crippen LogP contribution in [0.2, 0.25) is 0 Å². The molecule has 23 heavy (non-hydrogen) atoms. The number of aliphatic hydroxyl groups is 1. The third kappa shape index (κ3) is 9.71. The van der Waals surface area contributed by atoms with Gasteiger partial charge < -0.3 is 14.1 Å². The fourth-order valence-electron chi connectivity index (χ4n) is 2.04. The van der Waals surface area contributed by atoms with E-state index in [0.29, 0.717) is 6.73 Å². The van der Waals surface area contributed by atoms with Crippen LogP contribution in [0.5, 0.6) is 0 Å². The molecule has 0 aliphatic heterocycles. The van der Waals surface area contributed by atoms with Crippen LogP contribution < -0.4 is 0 Å². The zero-order valence-corrected chi connectivity index (χ0v) is 15.6. The Morgan fingerprint density at radius 1 is 1.04 bits per heavy atom. The molecule has 0 unspecified atom stereocenters. The van der Waals surface area contributed by atoms with Gasteiger partial charge in [-0.3, -0.25) is 0 Å². The summed E-state index contributed by atoms with van der Waals surface area (Å²) < 4.78 is 32.0. The highest BCUT2D eigenvalue weighted by atomic mass is 32.2. The molecule has 0 aromatic heterocycles. The van der Waals surface area contributed by atoms with Gasteiger partial charge in [0.1, 0.15) is 10.1 Å². The second-order valence-corrected chi connectivity index (χ2v) is 7.56. The minimum atomic E-state index is -4.27. The van der Waals surface area contributed by atoms with Crippen molar-refractivity contribution in [3.63, 3.8) is 0 Å². The van der Waals surface area contributed by atoms with E-state index in [-0.39, 0.29) is 4.90 Å². The number of rotatable bonds is 8. The molecule has 0 heterocycles. The number of benzene rings is 1. The molecule has 0 aliphatic rings. The fourth-order valence-corrected chi connectivity index (χ4v) is 2.51. The first-order valence-electron chi connectivity index (χ1n) is 8.15. The number of nitrogens with zero attached hydrogens (tertiary/aromatic N) is 1. The van der Waals surface area contributed by atoms with Crippen LogP contribution in [0.15, 0.2) is 29.2 Å². The normalized spacial score (nSPS) is 11.7. The smallest absolute Gasteiger partial charge is 0.180 e. The summed E-state index contributed by atoms with van der Waals surface area (Å²) in [5.41, 5.74) is 0.928. The molecule has 0 saturated heterocycles. The Bertz CT molecular complexity index is 518. The number of aryl methyl sites for hydroxylation is 1. The molecule has 0 spiro atoms. The summed E-state index contributed by atoms with van der Waals surface area (Å²) in [7, 11) is -2.13. The van der Waals surface area contributed by atoms with Crippen molar-refractivity contribution >= 4 is 10.1 Å². The number of hydrogen-bond donors (Lipinski definition) is 1. The molecule has 0 atom stereocenters. The van der Waals surface area contributed by atoms with Crippen LogP contribution in [0.25, 0.3) is 0 Å². The largest absolute Gasteiger partial charge is 0.744 e. The molecule has 5 nitrogen and oxygen atoms in total. The molecular weight excluding hydrogens is 314 g/mol. The standard InChI is InChI=1S/C10H24NO.C7H8O3S/c1-4-6-8-11(3,10-12)9-7-5-2;1-6-2-4-7(5-3-6)11(8,9)10/h12H,4-10H2,1-3H3;2-5H,1H3,(H,8,9,10)/q+1;/p-1. The quantitative estimate of drug-likeness (QED) is 0.446. The number of unbranched alkanes of at least 4 members (excludes halogenated alkanes) is 2. The Labute approximate surface area is 141 Å². The van der Waals surface area contributed by atoms with Gasteiger partial charge in [-0.1, -0.05) is 44.4 Å². The predicted octanol–water partition coefficient (Wildman–Crippen LogP) is 2.88. The van der Waals surface area contributed by atoms with E-state index in [0.717, 1.165) is 23.1 Å². The van der Waals surface area contributed by atoms with Crippen LogP contribution in [0.4, 0.5) is 0 Å². The van der Waals surface area contributed by atoms with Crippen LogP contribution in [-0.2, 0) is 10.1 Å². The van der Waals surface area contributed by atoms with Crippen LogP contribution in [-0.4, -0.2) is 49.4 Å². The summed E-state index contributed by atoms with van der Waals surface area (Å²) in [5, 5.41) is 9.21. The maximum absolute atomic E-state index is 10.4. The molecule has 0 amide bonds. The highest BCUT2D eigenvalue weighted by molar-refractivity contribution is 7.85. The van der Waals surface area contributed by atoms with Gasteiger partial charge in [0.2, 0.25) is 0 Å². The summed E-state index contributed by atoms with van der Waals surface area (Å²) in [6, 6.07) is 5.78. The van der Waals surface area contributed by atoms with Crippen molar-refractivity contribution in [3.8, 4) is 0 Å². The molecule has 0 saturated carbocycles. The average molecular weight is 346 g/mol. The van der Waals surface area contributed by atoms with Crippen LogP contribution in [0.3, 0.4) is 0 Å². The summed E-state index contributed by atoms with van der Waals surface area (Å²) in [6.45, 7) is 8.74. The van der Waals surface area contributed by atoms with Gasteiger partial charge in [-0.2, -0.15) is 0 Å². The van der Waals surface area contributed by atoms with E-state index in [1.165, 1.54) is 37.8 Å². The lowest BCUT2D eigenvalue weighted by molar-refractivity contribution is -0.927. The summed E-state index contributed by atoms with van der Waals surface area (Å²) in [4.78, 5) is -0.178. The molecule has 0 bridgehead atoms. The Kier molecular flexibility index (Phi) is 10.3. The van der Waals surface area contributed by atoms with E-state index in [1.807, 2.05) is 6.92 Å². The molecule has 134 valence electrons. The highest BCUT2D eigenvalue weighted by Gasteiger charge is 2.17. The SMILES string of the molecule is CCCC[N+](C)(CO)CCCC.Cc1ccc(S(=O)(=O)[O-])cc1. The van der Waals surface area contributed by atoms with Crippen molar-refractivity contribution in [1.29, 1.82) is 0 Å². The first-order chi connectivity index (χ1) is 10.7. The second kappa shape index (κ2) is 10.8. The van der Waals surface area contributed by atoms with E-state index in [9.17, 15) is 18.1 Å². The van der Waals surface area contributed by atoms with Crippen molar-refractivity contribution in [2.75, 3.05) is 26.9 Å². The zero-order chi connectivity index (χ0) is 17.9. The number of quaternary nitrogens is 1. The van der Waals surface area contributed by atoms with E-state index in [4.69, 9.17) is 0 Å². The Morgan fingerprint density at radius 2 is 1.48 bits per heavy atom. The van der Waals surface area contributed by atoms with Crippen LogP contribution in [0, 0.1) is 6.92 Å². The van der Waals surface area contributed by atoms with Gasteiger partial charge in [0, 0.05) is 0 Å². The minimum absolute atomic E-state index is 0.178. The van der Waals surface area contributed by atoms with Crippen molar-refractivity contribution in [1.82, 2.24) is 0 Å². The lowest BCUT2D eigenvalue weighted by Crippen LogP contribution is -2.46. The van der Waals surface area contributed by atoms with Crippen molar-refractivity contribution in [2.45, 2.75) is 51.3 Å². The molecule has 0 radical (unpaired) electrons. The lowest BCUT2D eigenvalue weighted by atomic mass is 10.2. The Hall–Kier alpha value is -0.950. The number of aliphatic hydroxyl groups excluding tert-OH is 1. The van der Waals surface area contributed by atoms with Crippen molar-refractivity contribution < 1.29 is 22.6 Å². The first kappa shape index (κ1) is 22.1. The maximum atomic E-state index is 10.4. The van der Waals surface area contributed by atoms with Crippen LogP contribution >= 0.6 is 0 Å². The third-order valence-electron chi connectivity index (χ3n) is 3.75. The second-order valence-electron chi connectivity index (χ2n) is 6.18. The van der Waals surface area contributed by atoms with Crippen molar-refractivity contribution in [3.05, 3.63) is 29.8 Å². The fraction of sp³-hybridized carbons (Fsp3) is 0.647. The Morgan fingerprint density at radius 3 is 1.78 bits per heavy atom. The molecule has 1 N–H and O–H groups in total. The topological polar surface area (TPSA) is 77.4 Å². The molecule has 0 fully saturated rings. The molecule has 1 aromatic carbocycles. The van der Waals surface area contributed by atoms with Gasteiger partial charge in [-0.25, -0.2) is 8.42 Å². The van der Waals surface area contributed by atoms with Gasteiger partial charge in [0.15, 0.2) is 6.73 Å². The minimum Gasteiger partial charge on any atom is -0.744 e. The molecule has 0 aliphatic carbocycles. The van der Waals surface area contributed by atoms with E-state index in [1.54, 1.807) is 12.1 Å². The summed E-state index contributed by atoms with van der Waals surface area (Å²) in [6.07, 6.45) is 4.89. The predicted molar refractivity (Wildman–Crippen MR) is 92.0 cm³/mol. The van der Waals surface area contributed by atoms with Gasteiger partial charge in [-0.05, 0) is 31.9 Å². The van der Waals surface area contributed by atoms with E-state index in [2.05, 4.69) is 20.9 Å². The van der Waals surface area contributed by atoms with E-state index >= 15 is 0 Å². The lowest BCUT2D eigenvalue weighted by Gasteiger charge is -2.32. The summed E-state index contributed by atoms with van der Waals surface area (Å²) in [5.74, 6) is 0. The van der Waals surface area contributed by atoms with Gasteiger partial charge in [0.25, 0.3) is 0 Å². The Balaban J connectivity index is 0.000000422. The molecule has 1 aromatic rings. The monoisotopic (exact) mass is 345 g/mol. The van der Waals surface area contributed by atoms with Gasteiger partial charge in [-0.15, -0.1) is 0 Å². The molecule has 1 rings (SSSR count). The zero-order valence-electron chi connectivity index (χ0n) is 14.8. The van der Waals surface area contributed by atoms with E-state index < -0.39 is 10.1 Å². The summed E-state index contributed by atoms with van der Waals surface area (Å²) >= 11 is 0. The molecular formula is C17H31NO4S. The first-order valence-corrected chi connectivity index (χ1v) is 9.56. The highest BCUT2D eigenvalue weighted by Crippen LogP contribution is 2.08. The van der Waals surface area contributed by atoms with Crippen molar-refractivity contribution in [2.24, 2.45) is 0 Å². The number of hydrogen-bond acceptors (Lipinski definition) is 4. The maximum Gasteiger partial charge on any atom is 0.180 e.